The molecule has 1 aliphatic heterocycles. The number of aromatic nitrogens is 2. The van der Waals surface area contributed by atoms with Crippen LogP contribution in [0.2, 0.25) is 0 Å². The second kappa shape index (κ2) is 8.58. The molecule has 13 heteroatoms. The van der Waals surface area contributed by atoms with E-state index in [4.69, 9.17) is 8.92 Å². The molecule has 2 rings (SSSR count). The first-order valence-electron chi connectivity index (χ1n) is 7.59. The predicted octanol–water partition coefficient (Wildman–Crippen LogP) is -2.21. The highest BCUT2D eigenvalue weighted by molar-refractivity contribution is 7.86. The molecule has 0 spiro atoms. The average Bonchev–Trinajstić information content (AvgIpc) is 2.88. The van der Waals surface area contributed by atoms with Crippen molar-refractivity contribution in [3.05, 3.63) is 28.3 Å². The summed E-state index contributed by atoms with van der Waals surface area (Å²) < 4.78 is 37.3. The number of esters is 1. The minimum Gasteiger partial charge on any atom is -0.466 e. The van der Waals surface area contributed by atoms with Gasteiger partial charge in [-0.05, 0) is 6.08 Å². The highest BCUT2D eigenvalue weighted by atomic mass is 32.2. The molecule has 150 valence electrons. The molecule has 0 bridgehead atoms. The van der Waals surface area contributed by atoms with Crippen LogP contribution in [0.4, 0.5) is 5.82 Å². The Kier molecular flexibility index (Phi) is 6.67. The van der Waals surface area contributed by atoms with E-state index in [9.17, 15) is 28.2 Å². The molecule has 1 aromatic rings. The molecule has 0 radical (unpaired) electrons. The number of ether oxygens (including phenoxy) is 2. The summed E-state index contributed by atoms with van der Waals surface area (Å²) in [6.45, 7) is -0.614. The maximum atomic E-state index is 11.5. The van der Waals surface area contributed by atoms with Crippen LogP contribution in [0.15, 0.2) is 17.1 Å². The Hall–Kier alpha value is -2.32. The van der Waals surface area contributed by atoms with Crippen LogP contribution in [0, 0.1) is 0 Å². The quantitative estimate of drug-likeness (QED) is 0.220. The number of aliphatic hydroxyl groups excluding tert-OH is 2. The lowest BCUT2D eigenvalue weighted by molar-refractivity contribution is -0.134. The van der Waals surface area contributed by atoms with Gasteiger partial charge in [0.15, 0.2) is 6.23 Å². The van der Waals surface area contributed by atoms with Gasteiger partial charge in [-0.25, -0.2) is 14.6 Å². The van der Waals surface area contributed by atoms with Gasteiger partial charge in [0.05, 0.1) is 20.0 Å². The van der Waals surface area contributed by atoms with Crippen LogP contribution in [0.1, 0.15) is 5.56 Å². The zero-order valence-corrected chi connectivity index (χ0v) is 15.2. The third kappa shape index (κ3) is 5.58. The summed E-state index contributed by atoms with van der Waals surface area (Å²) in [5.41, 5.74) is -0.466. The Bertz CT molecular complexity index is 867. The zero-order valence-electron chi connectivity index (χ0n) is 14.4. The smallest absolute Gasteiger partial charge is 0.346 e. The van der Waals surface area contributed by atoms with Crippen molar-refractivity contribution < 1.29 is 37.1 Å². The zero-order chi connectivity index (χ0) is 20.2. The van der Waals surface area contributed by atoms with Gasteiger partial charge in [-0.15, -0.1) is 0 Å². The molecule has 0 aromatic carbocycles. The summed E-state index contributed by atoms with van der Waals surface area (Å²) in [6.07, 6.45) is -0.866. The number of methoxy groups -OCH3 is 1. The largest absolute Gasteiger partial charge is 0.466 e. The monoisotopic (exact) mass is 405 g/mol. The molecular weight excluding hydrogens is 386 g/mol. The maximum Gasteiger partial charge on any atom is 0.346 e. The third-order valence-electron chi connectivity index (χ3n) is 3.53. The first kappa shape index (κ1) is 21.0. The number of hydrogen-bond donors (Lipinski definition) is 4. The van der Waals surface area contributed by atoms with E-state index in [2.05, 4.69) is 20.0 Å². The summed E-state index contributed by atoms with van der Waals surface area (Å²) in [6, 6.07) is 0. The van der Waals surface area contributed by atoms with E-state index < -0.39 is 52.9 Å². The first-order valence-corrected chi connectivity index (χ1v) is 9.40. The van der Waals surface area contributed by atoms with Crippen molar-refractivity contribution in [2.45, 2.75) is 24.5 Å². The van der Waals surface area contributed by atoms with Gasteiger partial charge in [-0.1, -0.05) is 0 Å². The average molecular weight is 405 g/mol. The third-order valence-corrected chi connectivity index (χ3v) is 4.10. The first-order chi connectivity index (χ1) is 12.6. The van der Waals surface area contributed by atoms with E-state index in [0.29, 0.717) is 0 Å². The molecule has 0 aliphatic carbocycles. The van der Waals surface area contributed by atoms with Gasteiger partial charge in [-0.2, -0.15) is 8.42 Å². The number of H-pyrrole nitrogens is 1. The van der Waals surface area contributed by atoms with E-state index in [-0.39, 0.29) is 11.4 Å². The van der Waals surface area contributed by atoms with Gasteiger partial charge in [0.2, 0.25) is 0 Å². The number of nitrogens with zero attached hydrogens (tertiary/aromatic N) is 1. The van der Waals surface area contributed by atoms with Gasteiger partial charge < -0.3 is 25.0 Å². The van der Waals surface area contributed by atoms with E-state index in [1.54, 1.807) is 0 Å². The number of hydrogen-bond acceptors (Lipinski definition) is 11. The maximum absolute atomic E-state index is 11.5. The fourth-order valence-corrected chi connectivity index (χ4v) is 2.98. The number of nitrogens with one attached hydrogen (secondary N) is 2. The fraction of sp³-hybridized carbons (Fsp3) is 0.500. The highest BCUT2D eigenvalue weighted by Gasteiger charge is 2.46. The van der Waals surface area contributed by atoms with Gasteiger partial charge in [0.1, 0.15) is 24.1 Å². The number of aromatic amines is 1. The number of rotatable bonds is 7. The van der Waals surface area contributed by atoms with E-state index in [0.717, 1.165) is 18.5 Å². The normalized spacial score (nSPS) is 25.6. The molecule has 0 unspecified atom stereocenters. The SMILES string of the molecule is COC(=O)C=Cc1cnc(=O)[nH]c1N[C@@H]1O[C@H](CO)[C@H](OS(C)(=O)=O)[C@H]1O. The second-order valence-electron chi connectivity index (χ2n) is 5.55. The van der Waals surface area contributed by atoms with Crippen LogP contribution in [-0.4, -0.2) is 79.1 Å². The Balaban J connectivity index is 2.26. The van der Waals surface area contributed by atoms with Crippen molar-refractivity contribution in [3.8, 4) is 0 Å². The molecule has 1 aromatic heterocycles. The number of anilines is 1. The molecule has 0 saturated carbocycles. The number of carbonyl (C=O) groups is 1. The topological polar surface area (TPSA) is 177 Å². The summed E-state index contributed by atoms with van der Waals surface area (Å²) >= 11 is 0. The fourth-order valence-electron chi connectivity index (χ4n) is 2.34. The summed E-state index contributed by atoms with van der Waals surface area (Å²) in [5, 5.41) is 22.3. The Labute approximate surface area is 153 Å². The minimum atomic E-state index is -3.92. The minimum absolute atomic E-state index is 0.0379. The summed E-state index contributed by atoms with van der Waals surface area (Å²) in [5.74, 6) is -0.609. The number of aliphatic hydroxyl groups is 2. The van der Waals surface area contributed by atoms with Crippen molar-refractivity contribution in [3.63, 3.8) is 0 Å². The second-order valence-corrected chi connectivity index (χ2v) is 7.15. The van der Waals surface area contributed by atoms with E-state index in [1.807, 2.05) is 0 Å². The Morgan fingerprint density at radius 3 is 2.81 bits per heavy atom. The number of carbonyl (C=O) groups excluding carboxylic acids is 1. The van der Waals surface area contributed by atoms with E-state index in [1.165, 1.54) is 13.2 Å². The van der Waals surface area contributed by atoms with Crippen molar-refractivity contribution >= 4 is 28.0 Å². The molecule has 27 heavy (non-hydrogen) atoms. The van der Waals surface area contributed by atoms with Crippen LogP contribution in [0.3, 0.4) is 0 Å². The van der Waals surface area contributed by atoms with Crippen LogP contribution in [-0.2, 0) is 28.6 Å². The molecule has 12 nitrogen and oxygen atoms in total. The van der Waals surface area contributed by atoms with Gasteiger partial charge in [0, 0.05) is 17.8 Å². The van der Waals surface area contributed by atoms with Crippen molar-refractivity contribution in [2.75, 3.05) is 25.3 Å². The molecule has 1 saturated heterocycles. The molecule has 1 fully saturated rings. The lowest BCUT2D eigenvalue weighted by Crippen LogP contribution is -2.40. The van der Waals surface area contributed by atoms with E-state index >= 15 is 0 Å². The van der Waals surface area contributed by atoms with Crippen LogP contribution in [0.25, 0.3) is 6.08 Å². The molecule has 1 aliphatic rings. The van der Waals surface area contributed by atoms with Crippen molar-refractivity contribution in [1.29, 1.82) is 0 Å². The molecule has 4 atom stereocenters. The predicted molar refractivity (Wildman–Crippen MR) is 91.0 cm³/mol. The van der Waals surface area contributed by atoms with Gasteiger partial charge in [0.25, 0.3) is 10.1 Å². The van der Waals surface area contributed by atoms with Crippen LogP contribution >= 0.6 is 0 Å². The highest BCUT2D eigenvalue weighted by Crippen LogP contribution is 2.26. The standard InChI is InChI=1S/C14H19N3O9S/c1-24-9(19)4-3-7-5-15-14(21)17-12(7)16-13-10(20)11(8(6-18)25-13)26-27(2,22)23/h3-5,8,10-11,13,18,20H,6H2,1-2H3,(H2,15,16,17,21)/t8-,10-,11+,13-/m1/s1. The Morgan fingerprint density at radius 2 is 2.22 bits per heavy atom. The lowest BCUT2D eigenvalue weighted by atomic mass is 10.1. The van der Waals surface area contributed by atoms with Crippen LogP contribution in [0.5, 0.6) is 0 Å². The van der Waals surface area contributed by atoms with Gasteiger partial charge >= 0.3 is 11.7 Å². The van der Waals surface area contributed by atoms with Gasteiger partial charge in [-0.3, -0.25) is 9.17 Å². The van der Waals surface area contributed by atoms with Crippen molar-refractivity contribution in [1.82, 2.24) is 9.97 Å². The molecule has 4 N–H and O–H groups in total. The molecule has 0 amide bonds. The Morgan fingerprint density at radius 1 is 1.52 bits per heavy atom. The molecule has 2 heterocycles. The summed E-state index contributed by atoms with van der Waals surface area (Å²) in [7, 11) is -2.73. The van der Waals surface area contributed by atoms with Crippen LogP contribution < -0.4 is 11.0 Å². The molecular formula is C14H19N3O9S. The lowest BCUT2D eigenvalue weighted by Gasteiger charge is -2.19. The van der Waals surface area contributed by atoms with Crippen molar-refractivity contribution in [2.24, 2.45) is 0 Å². The summed E-state index contributed by atoms with van der Waals surface area (Å²) in [4.78, 5) is 28.6.